The Morgan fingerprint density at radius 1 is 1.19 bits per heavy atom. The molecule has 1 aromatic rings. The molecule has 0 spiro atoms. The Morgan fingerprint density at radius 3 is 2.25 bits per heavy atom. The van der Waals surface area contributed by atoms with Crippen molar-refractivity contribution < 1.29 is 9.90 Å². The average molecular weight is 220 g/mol. The van der Waals surface area contributed by atoms with E-state index in [-0.39, 0.29) is 5.92 Å². The van der Waals surface area contributed by atoms with E-state index in [1.54, 1.807) is 0 Å². The zero-order valence-corrected chi connectivity index (χ0v) is 10.1. The number of benzene rings is 1. The van der Waals surface area contributed by atoms with Gasteiger partial charge in [0.15, 0.2) is 0 Å². The van der Waals surface area contributed by atoms with Crippen molar-refractivity contribution in [3.05, 3.63) is 35.4 Å². The first-order valence-corrected chi connectivity index (χ1v) is 6.00. The van der Waals surface area contributed by atoms with Crippen LogP contribution in [0.2, 0.25) is 0 Å². The third-order valence-corrected chi connectivity index (χ3v) is 2.80. The summed E-state index contributed by atoms with van der Waals surface area (Å²) in [6.07, 6.45) is 3.79. The molecule has 0 aromatic heterocycles. The molecule has 0 aliphatic rings. The van der Waals surface area contributed by atoms with Gasteiger partial charge in [-0.25, -0.2) is 0 Å². The van der Waals surface area contributed by atoms with Gasteiger partial charge in [0.05, 0.1) is 5.92 Å². The van der Waals surface area contributed by atoms with Crippen LogP contribution in [-0.2, 0) is 11.2 Å². The summed E-state index contributed by atoms with van der Waals surface area (Å²) in [6.45, 7) is 4.16. The zero-order chi connectivity index (χ0) is 12.0. The Bertz CT molecular complexity index is 327. The van der Waals surface area contributed by atoms with Crippen LogP contribution in [0.15, 0.2) is 24.3 Å². The first-order chi connectivity index (χ1) is 7.69. The molecule has 88 valence electrons. The predicted molar refractivity (Wildman–Crippen MR) is 65.7 cm³/mol. The Kier molecular flexibility index (Phi) is 5.03. The molecule has 0 radical (unpaired) electrons. The Balaban J connectivity index is 2.81. The van der Waals surface area contributed by atoms with Crippen molar-refractivity contribution in [2.24, 2.45) is 0 Å². The van der Waals surface area contributed by atoms with Gasteiger partial charge in [0.2, 0.25) is 0 Å². The van der Waals surface area contributed by atoms with E-state index in [1.165, 1.54) is 5.56 Å². The van der Waals surface area contributed by atoms with Gasteiger partial charge in [0.25, 0.3) is 0 Å². The second-order valence-electron chi connectivity index (χ2n) is 4.17. The molecule has 0 amide bonds. The minimum atomic E-state index is -0.718. The van der Waals surface area contributed by atoms with Gasteiger partial charge >= 0.3 is 5.97 Å². The summed E-state index contributed by atoms with van der Waals surface area (Å²) in [7, 11) is 0. The SMILES string of the molecule is CCCc1ccc(C(CCC)C(=O)O)cc1. The van der Waals surface area contributed by atoms with Crippen LogP contribution in [-0.4, -0.2) is 11.1 Å². The smallest absolute Gasteiger partial charge is 0.310 e. The third-order valence-electron chi connectivity index (χ3n) is 2.80. The standard InChI is InChI=1S/C14H20O2/c1-3-5-11-7-9-12(10-8-11)13(6-4-2)14(15)16/h7-10,13H,3-6H2,1-2H3,(H,15,16). The highest BCUT2D eigenvalue weighted by atomic mass is 16.4. The molecule has 0 aliphatic carbocycles. The number of hydrogen-bond acceptors (Lipinski definition) is 1. The summed E-state index contributed by atoms with van der Waals surface area (Å²) < 4.78 is 0. The molecule has 1 atom stereocenters. The van der Waals surface area contributed by atoms with Crippen molar-refractivity contribution >= 4 is 5.97 Å². The van der Waals surface area contributed by atoms with E-state index in [0.29, 0.717) is 6.42 Å². The van der Waals surface area contributed by atoms with Gasteiger partial charge in [-0.1, -0.05) is 51.0 Å². The maximum atomic E-state index is 11.1. The number of hydrogen-bond donors (Lipinski definition) is 1. The van der Waals surface area contributed by atoms with Gasteiger partial charge in [-0.05, 0) is 24.0 Å². The van der Waals surface area contributed by atoms with Gasteiger partial charge < -0.3 is 5.11 Å². The normalized spacial score (nSPS) is 12.4. The quantitative estimate of drug-likeness (QED) is 0.795. The minimum absolute atomic E-state index is 0.347. The van der Waals surface area contributed by atoms with Crippen LogP contribution in [0.25, 0.3) is 0 Å². The topological polar surface area (TPSA) is 37.3 Å². The van der Waals surface area contributed by atoms with Gasteiger partial charge in [0.1, 0.15) is 0 Å². The van der Waals surface area contributed by atoms with Crippen molar-refractivity contribution in [1.29, 1.82) is 0 Å². The molecule has 0 saturated heterocycles. The number of aryl methyl sites for hydroxylation is 1. The number of rotatable bonds is 6. The van der Waals surface area contributed by atoms with E-state index in [2.05, 4.69) is 6.92 Å². The molecule has 0 saturated carbocycles. The van der Waals surface area contributed by atoms with Crippen molar-refractivity contribution in [3.8, 4) is 0 Å². The maximum absolute atomic E-state index is 11.1. The van der Waals surface area contributed by atoms with E-state index in [9.17, 15) is 4.79 Å². The van der Waals surface area contributed by atoms with Crippen LogP contribution in [0.1, 0.15) is 50.2 Å². The summed E-state index contributed by atoms with van der Waals surface area (Å²) in [5, 5.41) is 9.13. The molecule has 2 nitrogen and oxygen atoms in total. The molecule has 0 bridgehead atoms. The molecule has 1 rings (SSSR count). The highest BCUT2D eigenvalue weighted by molar-refractivity contribution is 5.76. The lowest BCUT2D eigenvalue weighted by Gasteiger charge is -2.12. The number of carboxylic acids is 1. The molecule has 2 heteroatoms. The summed E-state index contributed by atoms with van der Waals surface area (Å²) in [4.78, 5) is 11.1. The fourth-order valence-electron chi connectivity index (χ4n) is 1.93. The fourth-order valence-corrected chi connectivity index (χ4v) is 1.93. The molecule has 1 unspecified atom stereocenters. The second kappa shape index (κ2) is 6.31. The first kappa shape index (κ1) is 12.8. The zero-order valence-electron chi connectivity index (χ0n) is 10.1. The van der Waals surface area contributed by atoms with Crippen LogP contribution < -0.4 is 0 Å². The van der Waals surface area contributed by atoms with Crippen LogP contribution >= 0.6 is 0 Å². The monoisotopic (exact) mass is 220 g/mol. The molecule has 0 fully saturated rings. The summed E-state index contributed by atoms with van der Waals surface area (Å²) in [5.41, 5.74) is 2.21. The van der Waals surface area contributed by atoms with Crippen LogP contribution in [0, 0.1) is 0 Å². The first-order valence-electron chi connectivity index (χ1n) is 6.00. The van der Waals surface area contributed by atoms with Gasteiger partial charge in [-0.15, -0.1) is 0 Å². The van der Waals surface area contributed by atoms with Crippen molar-refractivity contribution in [2.75, 3.05) is 0 Å². The van der Waals surface area contributed by atoms with Crippen LogP contribution in [0.4, 0.5) is 0 Å². The molecular formula is C14H20O2. The summed E-state index contributed by atoms with van der Waals surface area (Å²) in [5.74, 6) is -1.06. The van der Waals surface area contributed by atoms with E-state index in [1.807, 2.05) is 31.2 Å². The molecule has 1 aromatic carbocycles. The average Bonchev–Trinajstić information content (AvgIpc) is 2.27. The predicted octanol–water partition coefficient (Wildman–Crippen LogP) is 3.61. The minimum Gasteiger partial charge on any atom is -0.481 e. The highest BCUT2D eigenvalue weighted by Gasteiger charge is 2.18. The summed E-state index contributed by atoms with van der Waals surface area (Å²) in [6, 6.07) is 8.01. The van der Waals surface area contributed by atoms with Crippen LogP contribution in [0.3, 0.4) is 0 Å². The van der Waals surface area contributed by atoms with Crippen molar-refractivity contribution in [3.63, 3.8) is 0 Å². The number of carboxylic acid groups (broad SMARTS) is 1. The largest absolute Gasteiger partial charge is 0.481 e. The summed E-state index contributed by atoms with van der Waals surface area (Å²) >= 11 is 0. The van der Waals surface area contributed by atoms with Gasteiger partial charge in [-0.3, -0.25) is 4.79 Å². The molecular weight excluding hydrogens is 200 g/mol. The maximum Gasteiger partial charge on any atom is 0.310 e. The molecule has 1 N–H and O–H groups in total. The lowest BCUT2D eigenvalue weighted by molar-refractivity contribution is -0.139. The second-order valence-corrected chi connectivity index (χ2v) is 4.17. The van der Waals surface area contributed by atoms with E-state index >= 15 is 0 Å². The van der Waals surface area contributed by atoms with Crippen molar-refractivity contribution in [1.82, 2.24) is 0 Å². The molecule has 16 heavy (non-hydrogen) atoms. The third kappa shape index (κ3) is 3.37. The Hall–Kier alpha value is -1.31. The van der Waals surface area contributed by atoms with E-state index < -0.39 is 5.97 Å². The Labute approximate surface area is 97.3 Å². The number of carbonyl (C=O) groups is 1. The lowest BCUT2D eigenvalue weighted by atomic mass is 9.93. The van der Waals surface area contributed by atoms with Crippen molar-refractivity contribution in [2.45, 2.75) is 45.4 Å². The lowest BCUT2D eigenvalue weighted by Crippen LogP contribution is -2.11. The Morgan fingerprint density at radius 2 is 1.81 bits per heavy atom. The molecule has 0 heterocycles. The van der Waals surface area contributed by atoms with Crippen LogP contribution in [0.5, 0.6) is 0 Å². The van der Waals surface area contributed by atoms with E-state index in [4.69, 9.17) is 5.11 Å². The highest BCUT2D eigenvalue weighted by Crippen LogP contribution is 2.22. The molecule has 0 aliphatic heterocycles. The number of aliphatic carboxylic acids is 1. The van der Waals surface area contributed by atoms with E-state index in [0.717, 1.165) is 24.8 Å². The fraction of sp³-hybridized carbons (Fsp3) is 0.500. The van der Waals surface area contributed by atoms with Gasteiger partial charge in [0, 0.05) is 0 Å². The van der Waals surface area contributed by atoms with Gasteiger partial charge in [-0.2, -0.15) is 0 Å².